The number of ether oxygens (including phenoxy) is 1. The molecule has 3 heterocycles. The number of hydrogen-bond acceptors (Lipinski definition) is 5. The second-order valence-corrected chi connectivity index (χ2v) is 6.81. The molecule has 1 aromatic carbocycles. The molecular weight excluding hydrogens is 348 g/mol. The van der Waals surface area contributed by atoms with E-state index in [4.69, 9.17) is 16.3 Å². The number of hydrogen-bond donors (Lipinski definition) is 0. The first-order valence-electron chi connectivity index (χ1n) is 8.74. The number of nitrogens with zero attached hydrogens (tertiary/aromatic N) is 4. The summed E-state index contributed by atoms with van der Waals surface area (Å²) in [5, 5.41) is 1.64. The zero-order valence-electron chi connectivity index (χ0n) is 14.7. The predicted molar refractivity (Wildman–Crippen MR) is 105 cm³/mol. The van der Waals surface area contributed by atoms with Crippen molar-refractivity contribution < 1.29 is 4.74 Å². The van der Waals surface area contributed by atoms with Gasteiger partial charge in [-0.3, -0.25) is 9.88 Å². The molecule has 0 aliphatic carbocycles. The smallest absolute Gasteiger partial charge is 0.149 e. The number of benzene rings is 1. The third-order valence-electron chi connectivity index (χ3n) is 4.82. The third-order valence-corrected chi connectivity index (χ3v) is 5.13. The Bertz CT molecular complexity index is 895. The van der Waals surface area contributed by atoms with Crippen LogP contribution >= 0.6 is 11.6 Å². The van der Waals surface area contributed by atoms with Crippen molar-refractivity contribution in [1.82, 2.24) is 14.9 Å². The lowest BCUT2D eigenvalue weighted by Gasteiger charge is -2.35. The average Bonchev–Trinajstić information content (AvgIpc) is 2.70. The van der Waals surface area contributed by atoms with Gasteiger partial charge in [0.1, 0.15) is 17.1 Å². The van der Waals surface area contributed by atoms with Gasteiger partial charge in [0.15, 0.2) is 0 Å². The van der Waals surface area contributed by atoms with Crippen LogP contribution in [0, 0.1) is 0 Å². The van der Waals surface area contributed by atoms with Crippen LogP contribution in [-0.2, 0) is 6.54 Å². The number of methoxy groups -OCH3 is 1. The summed E-state index contributed by atoms with van der Waals surface area (Å²) in [5.74, 6) is 1.86. The molecule has 1 saturated heterocycles. The maximum Gasteiger partial charge on any atom is 0.149 e. The summed E-state index contributed by atoms with van der Waals surface area (Å²) < 4.78 is 5.68. The average molecular weight is 369 g/mol. The van der Waals surface area contributed by atoms with Crippen LogP contribution < -0.4 is 9.64 Å². The normalized spacial score (nSPS) is 15.4. The van der Waals surface area contributed by atoms with Gasteiger partial charge in [-0.05, 0) is 30.3 Å². The van der Waals surface area contributed by atoms with E-state index in [9.17, 15) is 0 Å². The number of pyridine rings is 2. The molecule has 0 atom stereocenters. The van der Waals surface area contributed by atoms with Crippen LogP contribution in [-0.4, -0.2) is 48.2 Å². The summed E-state index contributed by atoms with van der Waals surface area (Å²) in [4.78, 5) is 13.7. The lowest BCUT2D eigenvalue weighted by atomic mass is 10.1. The molecule has 0 unspecified atom stereocenters. The topological polar surface area (TPSA) is 41.5 Å². The Morgan fingerprint density at radius 3 is 2.58 bits per heavy atom. The number of piperazine rings is 1. The summed E-state index contributed by atoms with van der Waals surface area (Å²) in [5.41, 5.74) is 1.90. The number of aromatic nitrogens is 2. The first-order valence-corrected chi connectivity index (χ1v) is 9.12. The van der Waals surface area contributed by atoms with E-state index < -0.39 is 0 Å². The Balaban J connectivity index is 1.52. The van der Waals surface area contributed by atoms with Gasteiger partial charge in [-0.15, -0.1) is 0 Å². The Hall–Kier alpha value is -2.37. The highest BCUT2D eigenvalue weighted by Gasteiger charge is 2.20. The van der Waals surface area contributed by atoms with Crippen molar-refractivity contribution in [1.29, 1.82) is 0 Å². The summed E-state index contributed by atoms with van der Waals surface area (Å²) in [6, 6.07) is 11.9. The second-order valence-electron chi connectivity index (χ2n) is 6.40. The van der Waals surface area contributed by atoms with Crippen LogP contribution in [0.25, 0.3) is 10.9 Å². The van der Waals surface area contributed by atoms with E-state index in [0.29, 0.717) is 0 Å². The molecule has 3 aromatic rings. The molecule has 1 fully saturated rings. The van der Waals surface area contributed by atoms with E-state index in [-0.39, 0.29) is 0 Å². The summed E-state index contributed by atoms with van der Waals surface area (Å²) in [7, 11) is 1.69. The molecule has 1 aliphatic heterocycles. The Labute approximate surface area is 158 Å². The van der Waals surface area contributed by atoms with Crippen molar-refractivity contribution in [2.24, 2.45) is 0 Å². The molecule has 0 amide bonds. The minimum atomic E-state index is 0.719. The fourth-order valence-electron chi connectivity index (χ4n) is 3.49. The predicted octanol–water partition coefficient (Wildman–Crippen LogP) is 3.61. The highest BCUT2D eigenvalue weighted by Crippen LogP contribution is 2.34. The van der Waals surface area contributed by atoms with Crippen molar-refractivity contribution in [3.63, 3.8) is 0 Å². The van der Waals surface area contributed by atoms with Gasteiger partial charge in [0.05, 0.1) is 12.1 Å². The quantitative estimate of drug-likeness (QED) is 0.703. The summed E-state index contributed by atoms with van der Waals surface area (Å²) in [6.45, 7) is 4.65. The van der Waals surface area contributed by atoms with Crippen LogP contribution in [0.4, 0.5) is 5.82 Å². The van der Waals surface area contributed by atoms with Crippen LogP contribution in [0.5, 0.6) is 5.75 Å². The van der Waals surface area contributed by atoms with Crippen molar-refractivity contribution in [3.05, 3.63) is 59.4 Å². The lowest BCUT2D eigenvalue weighted by Crippen LogP contribution is -2.46. The highest BCUT2D eigenvalue weighted by atomic mass is 35.5. The zero-order chi connectivity index (χ0) is 17.9. The molecule has 1 aliphatic rings. The Kier molecular flexibility index (Phi) is 4.91. The minimum absolute atomic E-state index is 0.719. The molecule has 4 rings (SSSR count). The molecule has 2 aromatic heterocycles. The van der Waals surface area contributed by atoms with Gasteiger partial charge in [-0.25, -0.2) is 4.98 Å². The van der Waals surface area contributed by atoms with Gasteiger partial charge >= 0.3 is 0 Å². The molecule has 134 valence electrons. The molecular formula is C20H21ClN4O. The Morgan fingerprint density at radius 2 is 1.85 bits per heavy atom. The molecule has 5 nitrogen and oxygen atoms in total. The molecule has 6 heteroatoms. The van der Waals surface area contributed by atoms with E-state index in [1.165, 1.54) is 0 Å². The first kappa shape index (κ1) is 17.1. The minimum Gasteiger partial charge on any atom is -0.494 e. The SMILES string of the molecule is COc1c(CN2CCN(c3ccccn3)CC2)cc(Cl)c2cccnc12. The van der Waals surface area contributed by atoms with Crippen LogP contribution in [0.1, 0.15) is 5.56 Å². The molecule has 26 heavy (non-hydrogen) atoms. The van der Waals surface area contributed by atoms with Gasteiger partial charge in [-0.1, -0.05) is 17.7 Å². The maximum absolute atomic E-state index is 6.48. The number of rotatable bonds is 4. The number of fused-ring (bicyclic) bond motifs is 1. The molecule has 0 radical (unpaired) electrons. The molecule has 0 saturated carbocycles. The number of halogens is 1. The van der Waals surface area contributed by atoms with E-state index in [0.717, 1.165) is 65.8 Å². The summed E-state index contributed by atoms with van der Waals surface area (Å²) >= 11 is 6.48. The van der Waals surface area contributed by atoms with Crippen molar-refractivity contribution in [2.75, 3.05) is 38.2 Å². The van der Waals surface area contributed by atoms with E-state index in [1.54, 1.807) is 13.3 Å². The van der Waals surface area contributed by atoms with Gasteiger partial charge in [0.2, 0.25) is 0 Å². The van der Waals surface area contributed by atoms with Gasteiger partial charge in [0, 0.05) is 56.1 Å². The zero-order valence-corrected chi connectivity index (χ0v) is 15.5. The van der Waals surface area contributed by atoms with Crippen molar-refractivity contribution in [3.8, 4) is 5.75 Å². The van der Waals surface area contributed by atoms with Crippen LogP contribution in [0.3, 0.4) is 0 Å². The first-order chi connectivity index (χ1) is 12.8. The van der Waals surface area contributed by atoms with Crippen LogP contribution in [0.2, 0.25) is 5.02 Å². The number of anilines is 1. The summed E-state index contributed by atoms with van der Waals surface area (Å²) in [6.07, 6.45) is 3.62. The van der Waals surface area contributed by atoms with Crippen LogP contribution in [0.15, 0.2) is 48.8 Å². The van der Waals surface area contributed by atoms with Gasteiger partial charge in [-0.2, -0.15) is 0 Å². The largest absolute Gasteiger partial charge is 0.494 e. The van der Waals surface area contributed by atoms with E-state index in [2.05, 4.69) is 25.8 Å². The van der Waals surface area contributed by atoms with E-state index >= 15 is 0 Å². The maximum atomic E-state index is 6.48. The molecule has 0 spiro atoms. The van der Waals surface area contributed by atoms with Crippen molar-refractivity contribution >= 4 is 28.3 Å². The molecule has 0 N–H and O–H groups in total. The van der Waals surface area contributed by atoms with Gasteiger partial charge in [0.25, 0.3) is 0 Å². The fraction of sp³-hybridized carbons (Fsp3) is 0.300. The standard InChI is InChI=1S/C20H21ClN4O/c1-26-20-15(13-17(21)16-5-4-8-23-19(16)20)14-24-9-11-25(12-10-24)18-6-2-3-7-22-18/h2-8,13H,9-12,14H2,1H3. The Morgan fingerprint density at radius 1 is 1.04 bits per heavy atom. The fourth-order valence-corrected chi connectivity index (χ4v) is 3.77. The monoisotopic (exact) mass is 368 g/mol. The van der Waals surface area contributed by atoms with Gasteiger partial charge < -0.3 is 9.64 Å². The van der Waals surface area contributed by atoms with E-state index in [1.807, 2.05) is 36.5 Å². The third kappa shape index (κ3) is 3.32. The van der Waals surface area contributed by atoms with Crippen molar-refractivity contribution in [2.45, 2.75) is 6.54 Å². The molecule has 0 bridgehead atoms. The second kappa shape index (κ2) is 7.48. The highest BCUT2D eigenvalue weighted by molar-refractivity contribution is 6.35. The lowest BCUT2D eigenvalue weighted by molar-refractivity contribution is 0.246.